The number of aryl methyl sites for hydroxylation is 1. The van der Waals surface area contributed by atoms with Crippen LogP contribution in [0.3, 0.4) is 0 Å². The number of rotatable bonds is 6. The lowest BCUT2D eigenvalue weighted by molar-refractivity contribution is -0.134. The molecule has 1 saturated carbocycles. The molecule has 25 heavy (non-hydrogen) atoms. The minimum Gasteiger partial charge on any atom is -0.349 e. The second-order valence-electron chi connectivity index (χ2n) is 7.85. The van der Waals surface area contributed by atoms with Crippen LogP contribution in [0.25, 0.3) is 0 Å². The van der Waals surface area contributed by atoms with Gasteiger partial charge in [-0.2, -0.15) is 0 Å². The van der Waals surface area contributed by atoms with Gasteiger partial charge < -0.3 is 9.80 Å². The smallest absolute Gasteiger partial charge is 0.225 e. The number of carbonyl (C=O) groups is 2. The molecule has 1 heterocycles. The Kier molecular flexibility index (Phi) is 5.77. The summed E-state index contributed by atoms with van der Waals surface area (Å²) in [5, 5.41) is 0. The van der Waals surface area contributed by atoms with Crippen molar-refractivity contribution >= 4 is 11.8 Å². The SMILES string of the molecule is CN(C)C(=O)CCc1ccc(CC2CCN(C(=O)C3CC3)CC2)cc1. The second-order valence-corrected chi connectivity index (χ2v) is 7.85. The molecule has 1 saturated heterocycles. The summed E-state index contributed by atoms with van der Waals surface area (Å²) in [5.74, 6) is 1.61. The minimum absolute atomic E-state index is 0.177. The van der Waals surface area contributed by atoms with Crippen molar-refractivity contribution in [3.05, 3.63) is 35.4 Å². The van der Waals surface area contributed by atoms with Gasteiger partial charge in [0.25, 0.3) is 0 Å². The summed E-state index contributed by atoms with van der Waals surface area (Å²) in [6.45, 7) is 1.87. The van der Waals surface area contributed by atoms with Crippen LogP contribution < -0.4 is 0 Å². The van der Waals surface area contributed by atoms with Crippen LogP contribution in [-0.4, -0.2) is 48.8 Å². The largest absolute Gasteiger partial charge is 0.349 e. The lowest BCUT2D eigenvalue weighted by Gasteiger charge is -2.32. The predicted octanol–water partition coefficient (Wildman–Crippen LogP) is 2.90. The fraction of sp³-hybridized carbons (Fsp3) is 0.619. The number of carbonyl (C=O) groups excluding carboxylic acids is 2. The van der Waals surface area contributed by atoms with E-state index in [1.165, 1.54) is 11.1 Å². The van der Waals surface area contributed by atoms with Gasteiger partial charge in [0.15, 0.2) is 0 Å². The highest BCUT2D eigenvalue weighted by molar-refractivity contribution is 5.81. The number of amides is 2. The third-order valence-corrected chi connectivity index (χ3v) is 5.53. The van der Waals surface area contributed by atoms with E-state index in [9.17, 15) is 9.59 Å². The van der Waals surface area contributed by atoms with E-state index in [4.69, 9.17) is 0 Å². The molecule has 4 nitrogen and oxygen atoms in total. The Labute approximate surface area is 151 Å². The van der Waals surface area contributed by atoms with Crippen molar-refractivity contribution < 1.29 is 9.59 Å². The van der Waals surface area contributed by atoms with Gasteiger partial charge in [0.2, 0.25) is 11.8 Å². The summed E-state index contributed by atoms with van der Waals surface area (Å²) in [5.41, 5.74) is 2.60. The number of likely N-dealkylation sites (tertiary alicyclic amines) is 1. The van der Waals surface area contributed by atoms with Crippen molar-refractivity contribution in [3.8, 4) is 0 Å². The molecule has 0 unspecified atom stereocenters. The second kappa shape index (κ2) is 8.03. The van der Waals surface area contributed by atoms with Crippen LogP contribution in [0.4, 0.5) is 0 Å². The first-order valence-corrected chi connectivity index (χ1v) is 9.59. The van der Waals surface area contributed by atoms with E-state index in [-0.39, 0.29) is 5.91 Å². The Morgan fingerprint density at radius 2 is 1.60 bits per heavy atom. The lowest BCUT2D eigenvalue weighted by Crippen LogP contribution is -2.39. The highest BCUT2D eigenvalue weighted by Crippen LogP contribution is 2.32. The van der Waals surface area contributed by atoms with Gasteiger partial charge >= 0.3 is 0 Å². The Hall–Kier alpha value is -1.84. The molecule has 2 fully saturated rings. The van der Waals surface area contributed by atoms with Gasteiger partial charge in [-0.3, -0.25) is 9.59 Å². The average Bonchev–Trinajstić information content (AvgIpc) is 3.46. The van der Waals surface area contributed by atoms with Crippen LogP contribution >= 0.6 is 0 Å². The first kappa shape index (κ1) is 18.0. The molecule has 0 bridgehead atoms. The molecular weight excluding hydrogens is 312 g/mol. The number of nitrogens with zero attached hydrogens (tertiary/aromatic N) is 2. The highest BCUT2D eigenvalue weighted by Gasteiger charge is 2.34. The Bertz CT molecular complexity index is 597. The van der Waals surface area contributed by atoms with Gasteiger partial charge in [-0.25, -0.2) is 0 Å². The topological polar surface area (TPSA) is 40.6 Å². The molecule has 3 rings (SSSR count). The van der Waals surface area contributed by atoms with Gasteiger partial charge in [0.1, 0.15) is 0 Å². The van der Waals surface area contributed by atoms with Gasteiger partial charge in [-0.05, 0) is 55.6 Å². The zero-order chi connectivity index (χ0) is 17.8. The summed E-state index contributed by atoms with van der Waals surface area (Å²) in [4.78, 5) is 27.5. The van der Waals surface area contributed by atoms with Crippen LogP contribution in [0.2, 0.25) is 0 Å². The normalized spacial score (nSPS) is 18.2. The van der Waals surface area contributed by atoms with E-state index < -0.39 is 0 Å². The molecule has 0 N–H and O–H groups in total. The van der Waals surface area contributed by atoms with Crippen molar-refractivity contribution in [1.29, 1.82) is 0 Å². The van der Waals surface area contributed by atoms with Crippen molar-refractivity contribution in [2.24, 2.45) is 11.8 Å². The van der Waals surface area contributed by atoms with Crippen molar-refractivity contribution in [3.63, 3.8) is 0 Å². The molecule has 4 heteroatoms. The van der Waals surface area contributed by atoms with Crippen molar-refractivity contribution in [2.45, 2.75) is 44.9 Å². The van der Waals surface area contributed by atoms with Crippen LogP contribution in [0, 0.1) is 11.8 Å². The Morgan fingerprint density at radius 1 is 1.00 bits per heavy atom. The van der Waals surface area contributed by atoms with Crippen LogP contribution in [0.15, 0.2) is 24.3 Å². The first-order valence-electron chi connectivity index (χ1n) is 9.59. The first-order chi connectivity index (χ1) is 12.0. The molecule has 0 aromatic heterocycles. The molecule has 1 aromatic carbocycles. The fourth-order valence-corrected chi connectivity index (χ4v) is 3.60. The fourth-order valence-electron chi connectivity index (χ4n) is 3.60. The molecule has 2 aliphatic rings. The maximum atomic E-state index is 12.1. The summed E-state index contributed by atoms with van der Waals surface area (Å²) >= 11 is 0. The van der Waals surface area contributed by atoms with E-state index >= 15 is 0 Å². The van der Waals surface area contributed by atoms with E-state index in [1.54, 1.807) is 19.0 Å². The standard InChI is InChI=1S/C21H30N2O2/c1-22(2)20(24)10-7-16-3-5-17(6-4-16)15-18-11-13-23(14-12-18)21(25)19-8-9-19/h3-6,18-19H,7-15H2,1-2H3. The molecule has 2 amide bonds. The number of hydrogen-bond acceptors (Lipinski definition) is 2. The summed E-state index contributed by atoms with van der Waals surface area (Å²) < 4.78 is 0. The van der Waals surface area contributed by atoms with Gasteiger partial charge in [0.05, 0.1) is 0 Å². The van der Waals surface area contributed by atoms with Crippen LogP contribution in [-0.2, 0) is 22.4 Å². The maximum Gasteiger partial charge on any atom is 0.225 e. The van der Waals surface area contributed by atoms with Gasteiger partial charge in [0, 0.05) is 39.5 Å². The molecule has 1 aromatic rings. The van der Waals surface area contributed by atoms with E-state index in [2.05, 4.69) is 29.2 Å². The molecule has 0 atom stereocenters. The van der Waals surface area contributed by atoms with Crippen molar-refractivity contribution in [2.75, 3.05) is 27.2 Å². The van der Waals surface area contributed by atoms with Crippen molar-refractivity contribution in [1.82, 2.24) is 9.80 Å². The molecule has 0 spiro atoms. The zero-order valence-corrected chi connectivity index (χ0v) is 15.5. The molecule has 0 radical (unpaired) electrons. The van der Waals surface area contributed by atoms with Crippen LogP contribution in [0.1, 0.15) is 43.2 Å². The summed E-state index contributed by atoms with van der Waals surface area (Å²) in [6, 6.07) is 8.72. The Morgan fingerprint density at radius 3 is 2.16 bits per heavy atom. The molecule has 1 aliphatic heterocycles. The third kappa shape index (κ3) is 5.07. The van der Waals surface area contributed by atoms with E-state index in [0.717, 1.165) is 51.6 Å². The average molecular weight is 342 g/mol. The quantitative estimate of drug-likeness (QED) is 0.797. The molecule has 136 valence electrons. The lowest BCUT2D eigenvalue weighted by atomic mass is 9.89. The predicted molar refractivity (Wildman–Crippen MR) is 99.2 cm³/mol. The number of hydrogen-bond donors (Lipinski definition) is 0. The summed E-state index contributed by atoms with van der Waals surface area (Å²) in [6.07, 6.45) is 6.92. The van der Waals surface area contributed by atoms with Gasteiger partial charge in [-0.15, -0.1) is 0 Å². The minimum atomic E-state index is 0.177. The number of benzene rings is 1. The maximum absolute atomic E-state index is 12.1. The van der Waals surface area contributed by atoms with E-state index in [1.807, 2.05) is 0 Å². The summed E-state index contributed by atoms with van der Waals surface area (Å²) in [7, 11) is 3.60. The zero-order valence-electron chi connectivity index (χ0n) is 15.5. The van der Waals surface area contributed by atoms with E-state index in [0.29, 0.717) is 24.2 Å². The van der Waals surface area contributed by atoms with Gasteiger partial charge in [-0.1, -0.05) is 24.3 Å². The highest BCUT2D eigenvalue weighted by atomic mass is 16.2. The number of piperidine rings is 1. The monoisotopic (exact) mass is 342 g/mol. The van der Waals surface area contributed by atoms with Crippen LogP contribution in [0.5, 0.6) is 0 Å². The molecular formula is C21H30N2O2. The third-order valence-electron chi connectivity index (χ3n) is 5.53. The Balaban J connectivity index is 1.42. The molecule has 1 aliphatic carbocycles.